The molecule has 0 spiro atoms. The monoisotopic (exact) mass is 260 g/mol. The third kappa shape index (κ3) is 4.76. The molecule has 0 heterocycles. The molecule has 1 aromatic carbocycles. The van der Waals surface area contributed by atoms with Crippen LogP contribution in [0.3, 0.4) is 0 Å². The highest BCUT2D eigenvalue weighted by Crippen LogP contribution is 2.28. The van der Waals surface area contributed by atoms with Gasteiger partial charge in [-0.05, 0) is 51.3 Å². The lowest BCUT2D eigenvalue weighted by molar-refractivity contribution is 0.101. The number of phenols is 1. The zero-order chi connectivity index (χ0) is 14.4. The second-order valence-electron chi connectivity index (χ2n) is 4.60. The van der Waals surface area contributed by atoms with Crippen LogP contribution in [0.2, 0.25) is 0 Å². The quantitative estimate of drug-likeness (QED) is 0.603. The number of aryl methyl sites for hydroxylation is 1. The predicted octanol–water partition coefficient (Wildman–Crippen LogP) is 2.66. The smallest absolute Gasteiger partial charge is 0.161 e. The standard InChI is InChI=1S/C14H14O2.C2H6O/c1-9-7-13(10(2)15)12(8-14(9)16)6-5-11-3-4-11;1-2-3/h7-8,11,16H,3-4H2,1-2H3;3H,2H2,1H3. The third-order valence-electron chi connectivity index (χ3n) is 2.70. The summed E-state index contributed by atoms with van der Waals surface area (Å²) in [5, 5.41) is 17.2. The second-order valence-corrected chi connectivity index (χ2v) is 4.60. The number of aliphatic hydroxyl groups excluding tert-OH is 1. The summed E-state index contributed by atoms with van der Waals surface area (Å²) in [5.74, 6) is 6.77. The van der Waals surface area contributed by atoms with E-state index in [1.54, 1.807) is 26.0 Å². The average Bonchev–Trinajstić information content (AvgIpc) is 3.15. The summed E-state index contributed by atoms with van der Waals surface area (Å²) in [7, 11) is 0. The van der Waals surface area contributed by atoms with Crippen molar-refractivity contribution in [2.75, 3.05) is 6.61 Å². The number of carbonyl (C=O) groups is 1. The van der Waals surface area contributed by atoms with E-state index in [9.17, 15) is 9.90 Å². The lowest BCUT2D eigenvalue weighted by Crippen LogP contribution is -1.97. The van der Waals surface area contributed by atoms with E-state index in [1.165, 1.54) is 6.92 Å². The number of hydrogen-bond acceptors (Lipinski definition) is 3. The van der Waals surface area contributed by atoms with E-state index >= 15 is 0 Å². The Balaban J connectivity index is 0.000000550. The van der Waals surface area contributed by atoms with Crippen LogP contribution < -0.4 is 0 Å². The van der Waals surface area contributed by atoms with Crippen LogP contribution in [0.5, 0.6) is 5.75 Å². The van der Waals surface area contributed by atoms with Crippen molar-refractivity contribution in [1.82, 2.24) is 0 Å². The van der Waals surface area contributed by atoms with Gasteiger partial charge >= 0.3 is 0 Å². The summed E-state index contributed by atoms with van der Waals surface area (Å²) in [6, 6.07) is 3.29. The summed E-state index contributed by atoms with van der Waals surface area (Å²) in [6.07, 6.45) is 2.31. The number of carbonyl (C=O) groups excluding carboxylic acids is 1. The SMILES string of the molecule is CC(=O)c1cc(C)c(O)cc1C#CC1CC1.CCO. The van der Waals surface area contributed by atoms with Crippen LogP contribution >= 0.6 is 0 Å². The average molecular weight is 260 g/mol. The Kier molecular flexibility index (Phi) is 5.59. The maximum absolute atomic E-state index is 11.4. The highest BCUT2D eigenvalue weighted by Gasteiger charge is 2.18. The van der Waals surface area contributed by atoms with E-state index in [0.717, 1.165) is 12.8 Å². The van der Waals surface area contributed by atoms with Crippen LogP contribution in [0.4, 0.5) is 0 Å². The fraction of sp³-hybridized carbons (Fsp3) is 0.438. The molecule has 0 unspecified atom stereocenters. The van der Waals surface area contributed by atoms with E-state index in [1.807, 2.05) is 0 Å². The Hall–Kier alpha value is -1.79. The first-order valence-electron chi connectivity index (χ1n) is 6.46. The summed E-state index contributed by atoms with van der Waals surface area (Å²) in [6.45, 7) is 5.23. The Labute approximate surface area is 114 Å². The lowest BCUT2D eigenvalue weighted by atomic mass is 10.0. The first-order chi connectivity index (χ1) is 8.99. The molecular weight excluding hydrogens is 240 g/mol. The molecule has 0 aromatic heterocycles. The van der Waals surface area contributed by atoms with Crippen molar-refractivity contribution in [2.24, 2.45) is 5.92 Å². The van der Waals surface area contributed by atoms with Crippen LogP contribution in [0.25, 0.3) is 0 Å². The molecule has 1 aromatic rings. The Morgan fingerprint density at radius 3 is 2.47 bits per heavy atom. The van der Waals surface area contributed by atoms with Gasteiger partial charge in [0.1, 0.15) is 5.75 Å². The minimum atomic E-state index is -0.0109. The van der Waals surface area contributed by atoms with Gasteiger partial charge in [0.2, 0.25) is 0 Å². The number of phenolic OH excluding ortho intramolecular Hbond substituents is 1. The number of hydrogen-bond donors (Lipinski definition) is 2. The van der Waals surface area contributed by atoms with Crippen molar-refractivity contribution in [3.05, 3.63) is 28.8 Å². The van der Waals surface area contributed by atoms with Gasteiger partial charge < -0.3 is 10.2 Å². The van der Waals surface area contributed by atoms with Gasteiger partial charge in [-0.25, -0.2) is 0 Å². The molecule has 1 aliphatic carbocycles. The first-order valence-corrected chi connectivity index (χ1v) is 6.46. The highest BCUT2D eigenvalue weighted by molar-refractivity contribution is 5.97. The Morgan fingerprint density at radius 2 is 2.00 bits per heavy atom. The van der Waals surface area contributed by atoms with E-state index < -0.39 is 0 Å². The van der Waals surface area contributed by atoms with Gasteiger partial charge in [-0.3, -0.25) is 4.79 Å². The van der Waals surface area contributed by atoms with Crippen molar-refractivity contribution in [3.63, 3.8) is 0 Å². The molecule has 0 radical (unpaired) electrons. The number of benzene rings is 1. The molecule has 3 heteroatoms. The zero-order valence-electron chi connectivity index (χ0n) is 11.7. The fourth-order valence-electron chi connectivity index (χ4n) is 1.50. The first kappa shape index (κ1) is 15.3. The predicted molar refractivity (Wildman–Crippen MR) is 75.2 cm³/mol. The number of Topliss-reactive ketones (excluding diaryl/α,β-unsaturated/α-hetero) is 1. The summed E-state index contributed by atoms with van der Waals surface area (Å²) >= 11 is 0. The molecule has 2 rings (SSSR count). The molecule has 0 amide bonds. The molecule has 0 atom stereocenters. The highest BCUT2D eigenvalue weighted by atomic mass is 16.3. The molecule has 0 aliphatic heterocycles. The Bertz CT molecular complexity index is 517. The molecule has 0 bridgehead atoms. The maximum Gasteiger partial charge on any atom is 0.161 e. The number of rotatable bonds is 1. The number of ketones is 1. The summed E-state index contributed by atoms with van der Waals surface area (Å²) in [4.78, 5) is 11.4. The van der Waals surface area contributed by atoms with Crippen molar-refractivity contribution in [1.29, 1.82) is 0 Å². The van der Waals surface area contributed by atoms with E-state index in [4.69, 9.17) is 5.11 Å². The summed E-state index contributed by atoms with van der Waals surface area (Å²) < 4.78 is 0. The summed E-state index contributed by atoms with van der Waals surface area (Å²) in [5.41, 5.74) is 1.95. The molecule has 2 N–H and O–H groups in total. The van der Waals surface area contributed by atoms with E-state index in [2.05, 4.69) is 11.8 Å². The molecule has 1 fully saturated rings. The molecule has 19 heavy (non-hydrogen) atoms. The van der Waals surface area contributed by atoms with E-state index in [-0.39, 0.29) is 18.1 Å². The van der Waals surface area contributed by atoms with Gasteiger partial charge in [-0.1, -0.05) is 11.8 Å². The minimum Gasteiger partial charge on any atom is -0.508 e. The van der Waals surface area contributed by atoms with E-state index in [0.29, 0.717) is 22.6 Å². The molecule has 3 nitrogen and oxygen atoms in total. The maximum atomic E-state index is 11.4. The van der Waals surface area contributed by atoms with Crippen LogP contribution in [0, 0.1) is 24.7 Å². The van der Waals surface area contributed by atoms with Gasteiger partial charge in [-0.2, -0.15) is 0 Å². The third-order valence-corrected chi connectivity index (χ3v) is 2.70. The zero-order valence-corrected chi connectivity index (χ0v) is 11.7. The van der Waals surface area contributed by atoms with Crippen molar-refractivity contribution >= 4 is 5.78 Å². The fourth-order valence-corrected chi connectivity index (χ4v) is 1.50. The minimum absolute atomic E-state index is 0.0109. The van der Waals surface area contributed by atoms with Crippen LogP contribution in [0.1, 0.15) is 48.2 Å². The second kappa shape index (κ2) is 6.96. The van der Waals surface area contributed by atoms with Crippen molar-refractivity contribution in [2.45, 2.75) is 33.6 Å². The van der Waals surface area contributed by atoms with Crippen LogP contribution in [-0.2, 0) is 0 Å². The molecule has 1 aliphatic rings. The van der Waals surface area contributed by atoms with Gasteiger partial charge in [0.05, 0.1) is 0 Å². The largest absolute Gasteiger partial charge is 0.508 e. The number of aliphatic hydroxyl groups is 1. The Morgan fingerprint density at radius 1 is 1.42 bits per heavy atom. The van der Waals surface area contributed by atoms with Gasteiger partial charge in [-0.15, -0.1) is 0 Å². The lowest BCUT2D eigenvalue weighted by Gasteiger charge is -2.04. The topological polar surface area (TPSA) is 57.5 Å². The van der Waals surface area contributed by atoms with Crippen LogP contribution in [-0.4, -0.2) is 22.6 Å². The molecule has 1 saturated carbocycles. The molecule has 0 saturated heterocycles. The van der Waals surface area contributed by atoms with Gasteiger partial charge in [0.25, 0.3) is 0 Å². The van der Waals surface area contributed by atoms with Gasteiger partial charge in [0, 0.05) is 23.7 Å². The van der Waals surface area contributed by atoms with Crippen molar-refractivity contribution in [3.8, 4) is 17.6 Å². The normalized spacial score (nSPS) is 12.8. The van der Waals surface area contributed by atoms with Crippen LogP contribution in [0.15, 0.2) is 12.1 Å². The molecule has 102 valence electrons. The van der Waals surface area contributed by atoms with Crippen molar-refractivity contribution < 1.29 is 15.0 Å². The molecular formula is C16H20O3. The van der Waals surface area contributed by atoms with Gasteiger partial charge in [0.15, 0.2) is 5.78 Å². The number of aromatic hydroxyl groups is 1.